The number of rotatable bonds is 6. The van der Waals surface area contributed by atoms with E-state index in [0.717, 1.165) is 15.8 Å². The molecule has 0 saturated carbocycles. The quantitative estimate of drug-likeness (QED) is 0.486. The lowest BCUT2D eigenvalue weighted by atomic mass is 10.2. The first kappa shape index (κ1) is 18.9. The van der Waals surface area contributed by atoms with Gasteiger partial charge >= 0.3 is 0 Å². The molecule has 3 aromatic heterocycles. The second-order valence-corrected chi connectivity index (χ2v) is 7.29. The van der Waals surface area contributed by atoms with Gasteiger partial charge < -0.3 is 9.47 Å². The molecule has 4 aromatic rings. The molecule has 9 heteroatoms. The number of aryl methyl sites for hydroxylation is 1. The van der Waals surface area contributed by atoms with Crippen molar-refractivity contribution in [3.8, 4) is 11.6 Å². The third-order valence-electron chi connectivity index (χ3n) is 4.35. The second-order valence-electron chi connectivity index (χ2n) is 6.28. The molecule has 8 nitrogen and oxygen atoms in total. The van der Waals surface area contributed by atoms with Gasteiger partial charge in [-0.25, -0.2) is 4.98 Å². The van der Waals surface area contributed by atoms with E-state index in [2.05, 4.69) is 10.1 Å². The highest BCUT2D eigenvalue weighted by Gasteiger charge is 2.27. The third kappa shape index (κ3) is 3.64. The smallest absolute Gasteiger partial charge is 0.267 e. The molecule has 0 saturated heterocycles. The Hall–Kier alpha value is -3.46. The van der Waals surface area contributed by atoms with Crippen LogP contribution in [0.3, 0.4) is 0 Å². The van der Waals surface area contributed by atoms with Crippen molar-refractivity contribution in [3.63, 3.8) is 0 Å². The molecule has 0 fully saturated rings. The van der Waals surface area contributed by atoms with E-state index in [9.17, 15) is 4.79 Å². The zero-order valence-corrected chi connectivity index (χ0v) is 17.0. The molecule has 29 heavy (non-hydrogen) atoms. The number of benzene rings is 1. The number of hydrogen-bond acceptors (Lipinski definition) is 7. The van der Waals surface area contributed by atoms with Crippen LogP contribution in [0.2, 0.25) is 0 Å². The second kappa shape index (κ2) is 7.88. The maximum absolute atomic E-state index is 13.5. The fraction of sp³-hybridized carbons (Fsp3) is 0.200. The fourth-order valence-corrected chi connectivity index (χ4v) is 3.98. The minimum absolute atomic E-state index is 0.253. The van der Waals surface area contributed by atoms with Crippen LogP contribution in [0, 0.1) is 0 Å². The highest BCUT2D eigenvalue weighted by atomic mass is 32.1. The Morgan fingerprint density at radius 1 is 1.21 bits per heavy atom. The Labute approximate surface area is 171 Å². The van der Waals surface area contributed by atoms with Gasteiger partial charge in [0.2, 0.25) is 5.88 Å². The summed E-state index contributed by atoms with van der Waals surface area (Å²) in [6.45, 7) is 0.312. The SMILES string of the molecule is COc1nn(C)cc1C(=O)N(Cc1cccnc1)c1nc2c(OC)cccc2s1. The number of para-hydroxylation sites is 1. The van der Waals surface area contributed by atoms with Crippen LogP contribution in [0.5, 0.6) is 11.6 Å². The van der Waals surface area contributed by atoms with Gasteiger partial charge in [0.25, 0.3) is 5.91 Å². The minimum Gasteiger partial charge on any atom is -0.494 e. The molecule has 1 amide bonds. The van der Waals surface area contributed by atoms with Crippen LogP contribution in [-0.2, 0) is 13.6 Å². The number of ether oxygens (including phenoxy) is 2. The molecule has 4 rings (SSSR count). The Bertz CT molecular complexity index is 1160. The number of amides is 1. The summed E-state index contributed by atoms with van der Waals surface area (Å²) in [6.07, 6.45) is 5.07. The van der Waals surface area contributed by atoms with Crippen LogP contribution in [0.25, 0.3) is 10.2 Å². The van der Waals surface area contributed by atoms with Crippen molar-refractivity contribution in [3.05, 3.63) is 60.0 Å². The van der Waals surface area contributed by atoms with Gasteiger partial charge in [0, 0.05) is 25.6 Å². The van der Waals surface area contributed by atoms with Crippen molar-refractivity contribution < 1.29 is 14.3 Å². The highest BCUT2D eigenvalue weighted by molar-refractivity contribution is 7.22. The van der Waals surface area contributed by atoms with Crippen LogP contribution < -0.4 is 14.4 Å². The van der Waals surface area contributed by atoms with Crippen LogP contribution in [-0.4, -0.2) is 39.9 Å². The summed E-state index contributed by atoms with van der Waals surface area (Å²) in [4.78, 5) is 23.9. The number of methoxy groups -OCH3 is 2. The minimum atomic E-state index is -0.253. The molecule has 1 aromatic carbocycles. The number of fused-ring (bicyclic) bond motifs is 1. The van der Waals surface area contributed by atoms with E-state index < -0.39 is 0 Å². The summed E-state index contributed by atoms with van der Waals surface area (Å²) < 4.78 is 13.2. The monoisotopic (exact) mass is 409 g/mol. The molecule has 0 spiro atoms. The maximum atomic E-state index is 13.5. The lowest BCUT2D eigenvalue weighted by Crippen LogP contribution is -2.30. The van der Waals surface area contributed by atoms with E-state index in [-0.39, 0.29) is 11.8 Å². The fourth-order valence-electron chi connectivity index (χ4n) is 3.00. The van der Waals surface area contributed by atoms with Gasteiger partial charge in [0.1, 0.15) is 16.8 Å². The van der Waals surface area contributed by atoms with E-state index in [0.29, 0.717) is 23.0 Å². The van der Waals surface area contributed by atoms with Crippen molar-refractivity contribution >= 4 is 32.6 Å². The average molecular weight is 409 g/mol. The normalized spacial score (nSPS) is 10.9. The maximum Gasteiger partial charge on any atom is 0.267 e. The van der Waals surface area contributed by atoms with Crippen molar-refractivity contribution in [1.29, 1.82) is 0 Å². The number of carbonyl (C=O) groups excluding carboxylic acids is 1. The largest absolute Gasteiger partial charge is 0.494 e. The molecular weight excluding hydrogens is 390 g/mol. The number of hydrogen-bond donors (Lipinski definition) is 0. The molecule has 0 atom stereocenters. The lowest BCUT2D eigenvalue weighted by Gasteiger charge is -2.19. The van der Waals surface area contributed by atoms with Crippen LogP contribution in [0.4, 0.5) is 5.13 Å². The standard InChI is InChI=1S/C20H19N5O3S/c1-24-12-14(18(23-24)28-3)19(26)25(11-13-6-5-9-21-10-13)20-22-17-15(27-2)7-4-8-16(17)29-20/h4-10,12H,11H2,1-3H3. The van der Waals surface area contributed by atoms with E-state index >= 15 is 0 Å². The third-order valence-corrected chi connectivity index (χ3v) is 5.39. The first-order chi connectivity index (χ1) is 14.1. The van der Waals surface area contributed by atoms with Crippen molar-refractivity contribution in [2.75, 3.05) is 19.1 Å². The van der Waals surface area contributed by atoms with Gasteiger partial charge in [0.15, 0.2) is 5.13 Å². The topological polar surface area (TPSA) is 82.4 Å². The van der Waals surface area contributed by atoms with Gasteiger partial charge in [-0.1, -0.05) is 23.5 Å². The molecule has 0 aliphatic heterocycles. The summed E-state index contributed by atoms with van der Waals surface area (Å²) in [6, 6.07) is 9.46. The van der Waals surface area contributed by atoms with Gasteiger partial charge in [-0.2, -0.15) is 0 Å². The zero-order chi connectivity index (χ0) is 20.4. The summed E-state index contributed by atoms with van der Waals surface area (Å²) in [7, 11) is 4.84. The number of anilines is 1. The Kier molecular flexibility index (Phi) is 5.13. The lowest BCUT2D eigenvalue weighted by molar-refractivity contribution is 0.0982. The zero-order valence-electron chi connectivity index (χ0n) is 16.2. The summed E-state index contributed by atoms with van der Waals surface area (Å²) in [5, 5.41) is 4.76. The summed E-state index contributed by atoms with van der Waals surface area (Å²) in [5.74, 6) is 0.682. The predicted molar refractivity (Wildman–Crippen MR) is 111 cm³/mol. The Balaban J connectivity index is 1.81. The summed E-state index contributed by atoms with van der Waals surface area (Å²) in [5.41, 5.74) is 1.97. The number of nitrogens with zero attached hydrogens (tertiary/aromatic N) is 5. The molecule has 0 aliphatic carbocycles. The molecule has 148 valence electrons. The average Bonchev–Trinajstić information content (AvgIpc) is 3.35. The molecule has 0 bridgehead atoms. The first-order valence-corrected chi connectivity index (χ1v) is 9.64. The molecule has 3 heterocycles. The van der Waals surface area contributed by atoms with E-state index in [4.69, 9.17) is 14.5 Å². The van der Waals surface area contributed by atoms with Gasteiger partial charge in [-0.05, 0) is 23.8 Å². The molecular formula is C20H19N5O3S. The summed E-state index contributed by atoms with van der Waals surface area (Å²) >= 11 is 1.42. The number of pyridine rings is 1. The van der Waals surface area contributed by atoms with Crippen molar-refractivity contribution in [2.24, 2.45) is 7.05 Å². The number of aromatic nitrogens is 4. The van der Waals surface area contributed by atoms with Gasteiger partial charge in [-0.3, -0.25) is 19.4 Å². The number of carbonyl (C=O) groups is 1. The Morgan fingerprint density at radius 2 is 2.07 bits per heavy atom. The molecule has 0 radical (unpaired) electrons. The predicted octanol–water partition coefficient (Wildman–Crippen LogP) is 3.29. The van der Waals surface area contributed by atoms with E-state index in [1.807, 2.05) is 30.3 Å². The Morgan fingerprint density at radius 3 is 2.79 bits per heavy atom. The van der Waals surface area contributed by atoms with Gasteiger partial charge in [0.05, 0.1) is 25.5 Å². The highest BCUT2D eigenvalue weighted by Crippen LogP contribution is 2.35. The molecule has 0 unspecified atom stereocenters. The van der Waals surface area contributed by atoms with Crippen LogP contribution >= 0.6 is 11.3 Å². The molecule has 0 N–H and O–H groups in total. The first-order valence-electron chi connectivity index (χ1n) is 8.82. The van der Waals surface area contributed by atoms with Crippen LogP contribution in [0.1, 0.15) is 15.9 Å². The van der Waals surface area contributed by atoms with Crippen molar-refractivity contribution in [1.82, 2.24) is 19.7 Å². The van der Waals surface area contributed by atoms with E-state index in [1.54, 1.807) is 42.3 Å². The van der Waals surface area contributed by atoms with Crippen LogP contribution in [0.15, 0.2) is 48.9 Å². The van der Waals surface area contributed by atoms with Crippen molar-refractivity contribution in [2.45, 2.75) is 6.54 Å². The van der Waals surface area contributed by atoms with E-state index in [1.165, 1.54) is 18.4 Å². The van der Waals surface area contributed by atoms with Gasteiger partial charge in [-0.15, -0.1) is 5.10 Å². The molecule has 0 aliphatic rings. The number of thiazole rings is 1.